The number of carboxylic acids is 1. The van der Waals surface area contributed by atoms with Crippen molar-refractivity contribution in [1.82, 2.24) is 15.2 Å². The van der Waals surface area contributed by atoms with E-state index in [-0.39, 0.29) is 12.1 Å². The van der Waals surface area contributed by atoms with Crippen molar-refractivity contribution in [2.45, 2.75) is 19.9 Å². The van der Waals surface area contributed by atoms with Crippen LogP contribution in [0.4, 0.5) is 13.6 Å². The standard InChI is InChI=1S/C13H17F2N3O3/c1-7(12(19)20)6-18(3)13(21)17-8(2)11-9(14)4-16-5-10(11)15/h4-5,7-8H,6H2,1-3H3,(H,17,21)(H,19,20). The monoisotopic (exact) mass is 301 g/mol. The number of aliphatic carboxylic acids is 1. The van der Waals surface area contributed by atoms with Crippen LogP contribution in [0, 0.1) is 17.6 Å². The van der Waals surface area contributed by atoms with Crippen molar-refractivity contribution in [3.05, 3.63) is 29.6 Å². The van der Waals surface area contributed by atoms with Crippen LogP contribution in [0.2, 0.25) is 0 Å². The molecule has 0 saturated heterocycles. The van der Waals surface area contributed by atoms with Crippen LogP contribution < -0.4 is 5.32 Å². The average molecular weight is 301 g/mol. The number of carboxylic acid groups (broad SMARTS) is 1. The predicted octanol–water partition coefficient (Wildman–Crippen LogP) is 1.78. The molecule has 1 aromatic rings. The van der Waals surface area contributed by atoms with Crippen molar-refractivity contribution >= 4 is 12.0 Å². The van der Waals surface area contributed by atoms with E-state index in [9.17, 15) is 18.4 Å². The van der Waals surface area contributed by atoms with Crippen LogP contribution >= 0.6 is 0 Å². The largest absolute Gasteiger partial charge is 0.481 e. The van der Waals surface area contributed by atoms with Gasteiger partial charge in [0, 0.05) is 19.2 Å². The lowest BCUT2D eigenvalue weighted by molar-refractivity contribution is -0.141. The molecule has 0 fully saturated rings. The molecule has 2 amide bonds. The van der Waals surface area contributed by atoms with E-state index < -0.39 is 35.6 Å². The highest BCUT2D eigenvalue weighted by Gasteiger charge is 2.22. The third-order valence-electron chi connectivity index (χ3n) is 2.98. The quantitative estimate of drug-likeness (QED) is 0.868. The second kappa shape index (κ2) is 6.96. The van der Waals surface area contributed by atoms with Crippen molar-refractivity contribution in [3.63, 3.8) is 0 Å². The summed E-state index contributed by atoms with van der Waals surface area (Å²) in [5.41, 5.74) is -0.293. The van der Waals surface area contributed by atoms with Gasteiger partial charge >= 0.3 is 12.0 Å². The molecule has 0 aliphatic rings. The van der Waals surface area contributed by atoms with E-state index in [2.05, 4.69) is 10.3 Å². The van der Waals surface area contributed by atoms with Gasteiger partial charge in [0.2, 0.25) is 0 Å². The molecule has 2 N–H and O–H groups in total. The fraction of sp³-hybridized carbons (Fsp3) is 0.462. The first-order chi connectivity index (χ1) is 9.73. The maximum Gasteiger partial charge on any atom is 0.317 e. The lowest BCUT2D eigenvalue weighted by Crippen LogP contribution is -2.42. The van der Waals surface area contributed by atoms with E-state index in [1.807, 2.05) is 0 Å². The fourth-order valence-electron chi connectivity index (χ4n) is 1.77. The maximum absolute atomic E-state index is 13.5. The highest BCUT2D eigenvalue weighted by Crippen LogP contribution is 2.19. The number of aromatic nitrogens is 1. The Kier molecular flexibility index (Phi) is 5.57. The third kappa shape index (κ3) is 4.37. The summed E-state index contributed by atoms with van der Waals surface area (Å²) in [5, 5.41) is 11.2. The molecule has 2 unspecified atom stereocenters. The second-order valence-electron chi connectivity index (χ2n) is 4.81. The minimum Gasteiger partial charge on any atom is -0.481 e. The van der Waals surface area contributed by atoms with Crippen LogP contribution in [0.15, 0.2) is 12.4 Å². The first-order valence-electron chi connectivity index (χ1n) is 6.27. The summed E-state index contributed by atoms with van der Waals surface area (Å²) in [5.74, 6) is -3.49. The topological polar surface area (TPSA) is 82.5 Å². The number of pyridine rings is 1. The molecule has 2 atom stereocenters. The lowest BCUT2D eigenvalue weighted by Gasteiger charge is -2.23. The summed E-state index contributed by atoms with van der Waals surface area (Å²) >= 11 is 0. The van der Waals surface area contributed by atoms with Gasteiger partial charge in [-0.1, -0.05) is 6.92 Å². The molecule has 0 spiro atoms. The smallest absolute Gasteiger partial charge is 0.317 e. The van der Waals surface area contributed by atoms with Crippen LogP contribution in [-0.2, 0) is 4.79 Å². The number of nitrogens with zero attached hydrogens (tertiary/aromatic N) is 2. The van der Waals surface area contributed by atoms with Gasteiger partial charge in [-0.15, -0.1) is 0 Å². The summed E-state index contributed by atoms with van der Waals surface area (Å²) in [6, 6.07) is -1.53. The van der Waals surface area contributed by atoms with E-state index in [0.29, 0.717) is 0 Å². The van der Waals surface area contributed by atoms with Crippen LogP contribution in [-0.4, -0.2) is 40.6 Å². The Labute approximate surface area is 120 Å². The van der Waals surface area contributed by atoms with E-state index >= 15 is 0 Å². The van der Waals surface area contributed by atoms with Gasteiger partial charge in [0.15, 0.2) is 0 Å². The van der Waals surface area contributed by atoms with Gasteiger partial charge in [-0.05, 0) is 6.92 Å². The fourth-order valence-corrected chi connectivity index (χ4v) is 1.77. The Morgan fingerprint density at radius 2 is 1.86 bits per heavy atom. The molecule has 0 aliphatic heterocycles. The Balaban J connectivity index is 2.72. The molecule has 1 heterocycles. The van der Waals surface area contributed by atoms with Gasteiger partial charge in [0.05, 0.1) is 24.4 Å². The molecule has 116 valence electrons. The van der Waals surface area contributed by atoms with Crippen LogP contribution in [0.25, 0.3) is 0 Å². The summed E-state index contributed by atoms with van der Waals surface area (Å²) in [7, 11) is 1.40. The summed E-state index contributed by atoms with van der Waals surface area (Å²) in [4.78, 5) is 27.1. The molecule has 8 heteroatoms. The molecule has 6 nitrogen and oxygen atoms in total. The zero-order chi connectivity index (χ0) is 16.2. The van der Waals surface area contributed by atoms with E-state index in [4.69, 9.17) is 5.11 Å². The summed E-state index contributed by atoms with van der Waals surface area (Å²) < 4.78 is 27.0. The average Bonchev–Trinajstić information content (AvgIpc) is 2.37. The van der Waals surface area contributed by atoms with Gasteiger partial charge < -0.3 is 15.3 Å². The Hall–Kier alpha value is -2.25. The molecule has 0 aromatic carbocycles. The Morgan fingerprint density at radius 3 is 2.33 bits per heavy atom. The van der Waals surface area contributed by atoms with Crippen molar-refractivity contribution in [2.24, 2.45) is 5.92 Å². The van der Waals surface area contributed by atoms with Crippen LogP contribution in [0.1, 0.15) is 25.5 Å². The number of hydrogen-bond donors (Lipinski definition) is 2. The SMILES string of the molecule is CC(CN(C)C(=O)NC(C)c1c(F)cncc1F)C(=O)O. The first-order valence-corrected chi connectivity index (χ1v) is 6.27. The first kappa shape index (κ1) is 16.8. The highest BCUT2D eigenvalue weighted by atomic mass is 19.1. The number of hydrogen-bond acceptors (Lipinski definition) is 3. The number of halogens is 2. The molecular formula is C13H17F2N3O3. The number of rotatable bonds is 5. The molecule has 0 radical (unpaired) electrons. The number of amides is 2. The van der Waals surface area contributed by atoms with Gasteiger partial charge in [-0.25, -0.2) is 13.6 Å². The number of carbonyl (C=O) groups is 2. The Bertz CT molecular complexity index is 519. The van der Waals surface area contributed by atoms with Gasteiger partial charge in [0.25, 0.3) is 0 Å². The van der Waals surface area contributed by atoms with Crippen molar-refractivity contribution in [3.8, 4) is 0 Å². The molecule has 0 saturated carbocycles. The number of carbonyl (C=O) groups excluding carboxylic acids is 1. The predicted molar refractivity (Wildman–Crippen MR) is 70.5 cm³/mol. The van der Waals surface area contributed by atoms with Gasteiger partial charge in [0.1, 0.15) is 11.6 Å². The van der Waals surface area contributed by atoms with Crippen molar-refractivity contribution in [2.75, 3.05) is 13.6 Å². The lowest BCUT2D eigenvalue weighted by atomic mass is 10.1. The second-order valence-corrected chi connectivity index (χ2v) is 4.81. The van der Waals surface area contributed by atoms with Crippen molar-refractivity contribution < 1.29 is 23.5 Å². The normalized spacial score (nSPS) is 13.4. The third-order valence-corrected chi connectivity index (χ3v) is 2.98. The van der Waals surface area contributed by atoms with Crippen LogP contribution in [0.5, 0.6) is 0 Å². The molecule has 0 aliphatic carbocycles. The maximum atomic E-state index is 13.5. The minimum atomic E-state index is -1.03. The number of nitrogens with one attached hydrogen (secondary N) is 1. The van der Waals surface area contributed by atoms with Gasteiger partial charge in [-0.2, -0.15) is 0 Å². The zero-order valence-corrected chi connectivity index (χ0v) is 11.9. The van der Waals surface area contributed by atoms with Crippen molar-refractivity contribution in [1.29, 1.82) is 0 Å². The molecular weight excluding hydrogens is 284 g/mol. The van der Waals surface area contributed by atoms with E-state index in [0.717, 1.165) is 17.3 Å². The van der Waals surface area contributed by atoms with Gasteiger partial charge in [-0.3, -0.25) is 9.78 Å². The highest BCUT2D eigenvalue weighted by molar-refractivity contribution is 5.76. The minimum absolute atomic E-state index is 0.0187. The molecule has 1 rings (SSSR count). The zero-order valence-electron chi connectivity index (χ0n) is 11.9. The Morgan fingerprint density at radius 1 is 1.33 bits per heavy atom. The van der Waals surface area contributed by atoms with E-state index in [1.54, 1.807) is 0 Å². The number of urea groups is 1. The molecule has 1 aromatic heterocycles. The van der Waals surface area contributed by atoms with Crippen LogP contribution in [0.3, 0.4) is 0 Å². The molecule has 0 bridgehead atoms. The summed E-state index contributed by atoms with van der Waals surface area (Å²) in [6.45, 7) is 2.86. The van der Waals surface area contributed by atoms with E-state index in [1.165, 1.54) is 20.9 Å². The summed E-state index contributed by atoms with van der Waals surface area (Å²) in [6.07, 6.45) is 1.72. The molecule has 21 heavy (non-hydrogen) atoms.